The van der Waals surface area contributed by atoms with Gasteiger partial charge in [0.15, 0.2) is 6.29 Å². The van der Waals surface area contributed by atoms with Crippen LogP contribution in [0.4, 0.5) is 0 Å². The molecule has 14 heavy (non-hydrogen) atoms. The summed E-state index contributed by atoms with van der Waals surface area (Å²) in [6.45, 7) is 0. The number of hydrogen-bond donors (Lipinski definition) is 2. The zero-order chi connectivity index (χ0) is 9.97. The highest BCUT2D eigenvalue weighted by Crippen LogP contribution is 2.34. The first-order valence-electron chi connectivity index (χ1n) is 5.23. The van der Waals surface area contributed by atoms with Crippen molar-refractivity contribution in [3.05, 3.63) is 35.4 Å². The second-order valence-electron chi connectivity index (χ2n) is 4.02. The lowest BCUT2D eigenvalue weighted by Gasteiger charge is -2.10. The maximum atomic E-state index is 8.94. The molecule has 0 amide bonds. The Hall–Kier alpha value is -0.860. The van der Waals surface area contributed by atoms with E-state index in [2.05, 4.69) is 0 Å². The Balaban J connectivity index is 2.12. The number of rotatable bonds is 2. The van der Waals surface area contributed by atoms with E-state index in [1.165, 1.54) is 31.2 Å². The smallest absolute Gasteiger partial charge is 0.178 e. The summed E-state index contributed by atoms with van der Waals surface area (Å²) in [6.07, 6.45) is 3.87. The molecular weight excluding hydrogens is 176 g/mol. The lowest BCUT2D eigenvalue weighted by molar-refractivity contribution is -0.0424. The quantitative estimate of drug-likeness (QED) is 0.706. The second-order valence-corrected chi connectivity index (χ2v) is 4.02. The summed E-state index contributed by atoms with van der Waals surface area (Å²) in [6, 6.07) is 7.64. The Morgan fingerprint density at radius 1 is 1.00 bits per heavy atom. The van der Waals surface area contributed by atoms with Crippen LogP contribution in [-0.4, -0.2) is 10.2 Å². The van der Waals surface area contributed by atoms with Crippen LogP contribution >= 0.6 is 0 Å². The van der Waals surface area contributed by atoms with Gasteiger partial charge in [-0.15, -0.1) is 0 Å². The van der Waals surface area contributed by atoms with Crippen LogP contribution in [0.15, 0.2) is 24.3 Å². The third-order valence-electron chi connectivity index (χ3n) is 3.06. The van der Waals surface area contributed by atoms with Crippen LogP contribution in [0.2, 0.25) is 0 Å². The molecule has 0 heterocycles. The Kier molecular flexibility index (Phi) is 2.85. The Morgan fingerprint density at radius 2 is 1.57 bits per heavy atom. The molecule has 1 aromatic rings. The molecule has 2 rings (SSSR count). The summed E-state index contributed by atoms with van der Waals surface area (Å²) in [5, 5.41) is 17.9. The molecule has 76 valence electrons. The molecule has 1 aromatic carbocycles. The molecule has 0 aliphatic heterocycles. The van der Waals surface area contributed by atoms with Crippen molar-refractivity contribution >= 4 is 0 Å². The largest absolute Gasteiger partial charge is 0.364 e. The highest BCUT2D eigenvalue weighted by molar-refractivity contribution is 5.26. The molecule has 1 fully saturated rings. The summed E-state index contributed by atoms with van der Waals surface area (Å²) in [5.41, 5.74) is 1.92. The molecular formula is C12H16O2. The highest BCUT2D eigenvalue weighted by Gasteiger charge is 2.16. The van der Waals surface area contributed by atoms with Gasteiger partial charge in [-0.05, 0) is 24.3 Å². The number of aliphatic hydroxyl groups excluding tert-OH is 1. The van der Waals surface area contributed by atoms with E-state index in [1.807, 2.05) is 12.1 Å². The van der Waals surface area contributed by atoms with Crippen LogP contribution in [0, 0.1) is 0 Å². The van der Waals surface area contributed by atoms with Gasteiger partial charge >= 0.3 is 0 Å². The zero-order valence-electron chi connectivity index (χ0n) is 8.19. The normalized spacial score (nSPS) is 17.9. The first-order valence-corrected chi connectivity index (χ1v) is 5.23. The number of hydrogen-bond acceptors (Lipinski definition) is 2. The molecule has 1 aliphatic rings. The van der Waals surface area contributed by atoms with E-state index in [0.717, 1.165) is 0 Å². The van der Waals surface area contributed by atoms with E-state index >= 15 is 0 Å². The summed E-state index contributed by atoms with van der Waals surface area (Å²) in [7, 11) is 0. The molecule has 0 spiro atoms. The lowest BCUT2D eigenvalue weighted by atomic mass is 9.97. The van der Waals surface area contributed by atoms with Gasteiger partial charge in [0.1, 0.15) is 0 Å². The van der Waals surface area contributed by atoms with Crippen molar-refractivity contribution in [1.82, 2.24) is 0 Å². The van der Waals surface area contributed by atoms with E-state index in [0.29, 0.717) is 11.5 Å². The molecule has 0 saturated heterocycles. The molecule has 0 aromatic heterocycles. The molecule has 2 N–H and O–H groups in total. The Bertz CT molecular complexity index is 284. The Labute approximate surface area is 84.2 Å². The Morgan fingerprint density at radius 3 is 2.07 bits per heavy atom. The van der Waals surface area contributed by atoms with Gasteiger partial charge in [-0.25, -0.2) is 0 Å². The van der Waals surface area contributed by atoms with Crippen molar-refractivity contribution in [2.75, 3.05) is 0 Å². The fraction of sp³-hybridized carbons (Fsp3) is 0.500. The van der Waals surface area contributed by atoms with E-state index in [9.17, 15) is 0 Å². The topological polar surface area (TPSA) is 40.5 Å². The SMILES string of the molecule is OC(O)c1ccc(C2CCCC2)cc1. The predicted molar refractivity (Wildman–Crippen MR) is 54.8 cm³/mol. The third-order valence-corrected chi connectivity index (χ3v) is 3.06. The lowest BCUT2D eigenvalue weighted by Crippen LogP contribution is -1.96. The standard InChI is InChI=1S/C12H16O2/c13-12(14)11-7-5-10(6-8-11)9-3-1-2-4-9/h5-9,12-14H,1-4H2. The van der Waals surface area contributed by atoms with Gasteiger partial charge in [0.2, 0.25) is 0 Å². The molecule has 0 atom stereocenters. The van der Waals surface area contributed by atoms with Gasteiger partial charge in [-0.1, -0.05) is 37.1 Å². The van der Waals surface area contributed by atoms with Gasteiger partial charge in [-0.2, -0.15) is 0 Å². The van der Waals surface area contributed by atoms with Crippen molar-refractivity contribution in [2.24, 2.45) is 0 Å². The summed E-state index contributed by atoms with van der Waals surface area (Å²) in [5.74, 6) is 0.694. The van der Waals surface area contributed by atoms with Crippen molar-refractivity contribution in [3.8, 4) is 0 Å². The third kappa shape index (κ3) is 1.97. The summed E-state index contributed by atoms with van der Waals surface area (Å²) >= 11 is 0. The van der Waals surface area contributed by atoms with Crippen molar-refractivity contribution in [1.29, 1.82) is 0 Å². The minimum atomic E-state index is -1.34. The van der Waals surface area contributed by atoms with Gasteiger partial charge in [0.25, 0.3) is 0 Å². The molecule has 0 unspecified atom stereocenters. The van der Waals surface area contributed by atoms with E-state index < -0.39 is 6.29 Å². The van der Waals surface area contributed by atoms with E-state index in [1.54, 1.807) is 12.1 Å². The highest BCUT2D eigenvalue weighted by atomic mass is 16.5. The molecule has 1 aliphatic carbocycles. The van der Waals surface area contributed by atoms with Crippen LogP contribution in [0.1, 0.15) is 49.0 Å². The van der Waals surface area contributed by atoms with Crippen molar-refractivity contribution < 1.29 is 10.2 Å². The average molecular weight is 192 g/mol. The molecule has 0 radical (unpaired) electrons. The molecule has 0 bridgehead atoms. The minimum absolute atomic E-state index is 0.576. The van der Waals surface area contributed by atoms with Gasteiger partial charge in [0, 0.05) is 5.56 Å². The molecule has 2 heteroatoms. The number of aliphatic hydroxyl groups is 2. The van der Waals surface area contributed by atoms with Gasteiger partial charge < -0.3 is 10.2 Å². The second kappa shape index (κ2) is 4.11. The van der Waals surface area contributed by atoms with Crippen LogP contribution in [-0.2, 0) is 0 Å². The van der Waals surface area contributed by atoms with Crippen LogP contribution < -0.4 is 0 Å². The van der Waals surface area contributed by atoms with Crippen molar-refractivity contribution in [2.45, 2.75) is 37.9 Å². The predicted octanol–water partition coefficient (Wildman–Crippen LogP) is 2.33. The fourth-order valence-electron chi connectivity index (χ4n) is 2.20. The fourth-order valence-corrected chi connectivity index (χ4v) is 2.20. The minimum Gasteiger partial charge on any atom is -0.364 e. The van der Waals surface area contributed by atoms with E-state index in [-0.39, 0.29) is 0 Å². The van der Waals surface area contributed by atoms with Gasteiger partial charge in [-0.3, -0.25) is 0 Å². The maximum Gasteiger partial charge on any atom is 0.178 e. The van der Waals surface area contributed by atoms with Crippen LogP contribution in [0.3, 0.4) is 0 Å². The van der Waals surface area contributed by atoms with Crippen LogP contribution in [0.5, 0.6) is 0 Å². The first-order chi connectivity index (χ1) is 6.77. The molecule has 1 saturated carbocycles. The van der Waals surface area contributed by atoms with Crippen molar-refractivity contribution in [3.63, 3.8) is 0 Å². The maximum absolute atomic E-state index is 8.94. The average Bonchev–Trinajstić information content (AvgIpc) is 2.71. The summed E-state index contributed by atoms with van der Waals surface area (Å²) in [4.78, 5) is 0. The zero-order valence-corrected chi connectivity index (χ0v) is 8.19. The monoisotopic (exact) mass is 192 g/mol. The van der Waals surface area contributed by atoms with Gasteiger partial charge in [0.05, 0.1) is 0 Å². The molecule has 2 nitrogen and oxygen atoms in total. The number of benzene rings is 1. The van der Waals surface area contributed by atoms with E-state index in [4.69, 9.17) is 10.2 Å². The van der Waals surface area contributed by atoms with Crippen LogP contribution in [0.25, 0.3) is 0 Å². The summed E-state index contributed by atoms with van der Waals surface area (Å²) < 4.78 is 0. The first kappa shape index (κ1) is 9.69.